The summed E-state index contributed by atoms with van der Waals surface area (Å²) < 4.78 is 6.11. The first-order chi connectivity index (χ1) is 13.0. The molecule has 2 aromatic rings. The normalized spacial score (nSPS) is 18.9. The van der Waals surface area contributed by atoms with Crippen molar-refractivity contribution < 1.29 is 24.5 Å². The molecule has 0 saturated carbocycles. The van der Waals surface area contributed by atoms with Gasteiger partial charge in [0.25, 0.3) is 0 Å². The Morgan fingerprint density at radius 1 is 1.26 bits per heavy atom. The van der Waals surface area contributed by atoms with Gasteiger partial charge < -0.3 is 20.3 Å². The molecule has 0 spiro atoms. The molecule has 1 aromatic carbocycles. The number of hydrogen-bond acceptors (Lipinski definition) is 5. The molecule has 1 fully saturated rings. The van der Waals surface area contributed by atoms with Gasteiger partial charge in [0.1, 0.15) is 11.0 Å². The maximum Gasteiger partial charge on any atom is 0.345 e. The lowest BCUT2D eigenvalue weighted by molar-refractivity contribution is -0.119. The summed E-state index contributed by atoms with van der Waals surface area (Å²) in [5, 5.41) is 22.1. The highest BCUT2D eigenvalue weighted by atomic mass is 32.1. The molecule has 6 nitrogen and oxygen atoms in total. The Morgan fingerprint density at radius 2 is 1.96 bits per heavy atom. The van der Waals surface area contributed by atoms with Crippen molar-refractivity contribution >= 4 is 23.2 Å². The first-order valence-corrected chi connectivity index (χ1v) is 9.81. The molecule has 1 saturated heterocycles. The average Bonchev–Trinajstić information content (AvgIpc) is 3.31. The number of ether oxygens (including phenoxy) is 1. The number of carboxylic acids is 1. The minimum atomic E-state index is -0.963. The zero-order valence-electron chi connectivity index (χ0n) is 15.1. The lowest BCUT2D eigenvalue weighted by atomic mass is 10.0. The van der Waals surface area contributed by atoms with E-state index in [1.807, 2.05) is 31.2 Å². The lowest BCUT2D eigenvalue weighted by Gasteiger charge is -2.20. The van der Waals surface area contributed by atoms with E-state index in [1.54, 1.807) is 12.1 Å². The van der Waals surface area contributed by atoms with Crippen LogP contribution in [0.5, 0.6) is 0 Å². The first-order valence-electron chi connectivity index (χ1n) is 8.99. The van der Waals surface area contributed by atoms with Gasteiger partial charge in [0, 0.05) is 11.3 Å². The molecule has 1 aliphatic heterocycles. The van der Waals surface area contributed by atoms with E-state index >= 15 is 0 Å². The maximum absolute atomic E-state index is 11.4. The van der Waals surface area contributed by atoms with E-state index in [0.717, 1.165) is 22.4 Å². The van der Waals surface area contributed by atoms with Gasteiger partial charge in [-0.2, -0.15) is 0 Å². The van der Waals surface area contributed by atoms with E-state index < -0.39 is 18.2 Å². The first kappa shape index (κ1) is 19.5. The fraction of sp³-hybridized carbons (Fsp3) is 0.400. The van der Waals surface area contributed by atoms with E-state index in [1.165, 1.54) is 11.3 Å². The maximum atomic E-state index is 11.4. The van der Waals surface area contributed by atoms with Crippen LogP contribution in [0.2, 0.25) is 0 Å². The second-order valence-electron chi connectivity index (χ2n) is 6.61. The van der Waals surface area contributed by atoms with Gasteiger partial charge in [0.2, 0.25) is 5.91 Å². The number of carbonyl (C=O) groups excluding carboxylic acids is 1. The molecule has 0 bridgehead atoms. The molecule has 3 N–H and O–H groups in total. The highest BCUT2D eigenvalue weighted by Crippen LogP contribution is 2.33. The van der Waals surface area contributed by atoms with E-state index in [-0.39, 0.29) is 16.8 Å². The molecule has 144 valence electrons. The molecule has 1 aliphatic rings. The molecule has 7 heteroatoms. The molecular formula is C20H23NO5S. The molecular weight excluding hydrogens is 366 g/mol. The van der Waals surface area contributed by atoms with Crippen molar-refractivity contribution in [3.63, 3.8) is 0 Å². The Hall–Kier alpha value is -2.22. The zero-order chi connectivity index (χ0) is 19.4. The summed E-state index contributed by atoms with van der Waals surface area (Å²) in [5.74, 6) is -0.934. The van der Waals surface area contributed by atoms with Crippen LogP contribution in [0.25, 0.3) is 0 Å². The number of thiophene rings is 1. The summed E-state index contributed by atoms with van der Waals surface area (Å²) in [6, 6.07) is 10.8. The van der Waals surface area contributed by atoms with Crippen LogP contribution in [0.15, 0.2) is 36.4 Å². The van der Waals surface area contributed by atoms with Crippen molar-refractivity contribution in [2.75, 3.05) is 6.61 Å². The second kappa shape index (κ2) is 8.65. The van der Waals surface area contributed by atoms with E-state index in [2.05, 4.69) is 5.32 Å². The largest absolute Gasteiger partial charge is 0.477 e. The van der Waals surface area contributed by atoms with Gasteiger partial charge in [0.05, 0.1) is 18.8 Å². The van der Waals surface area contributed by atoms with Crippen LogP contribution in [0, 0.1) is 0 Å². The fourth-order valence-electron chi connectivity index (χ4n) is 3.09. The van der Waals surface area contributed by atoms with Gasteiger partial charge >= 0.3 is 5.97 Å². The Morgan fingerprint density at radius 3 is 2.52 bits per heavy atom. The van der Waals surface area contributed by atoms with Crippen molar-refractivity contribution in [1.29, 1.82) is 0 Å². The van der Waals surface area contributed by atoms with Crippen molar-refractivity contribution in [1.82, 2.24) is 5.32 Å². The number of aliphatic hydroxyl groups is 1. The van der Waals surface area contributed by atoms with Gasteiger partial charge in [-0.05, 0) is 36.1 Å². The Balaban J connectivity index is 1.81. The SMILES string of the molecule is CCC(O)c1ccc([C@@H](OCC2CCC(=O)N2)c2ccc(C(=O)O)s2)cc1. The predicted octanol–water partition coefficient (Wildman–Crippen LogP) is 3.27. The van der Waals surface area contributed by atoms with Gasteiger partial charge in [-0.3, -0.25) is 4.79 Å². The third-order valence-corrected chi connectivity index (χ3v) is 5.77. The summed E-state index contributed by atoms with van der Waals surface area (Å²) in [4.78, 5) is 23.7. The number of amides is 1. The Kier molecular flexibility index (Phi) is 6.26. The average molecular weight is 389 g/mol. The van der Waals surface area contributed by atoms with Crippen LogP contribution in [0.4, 0.5) is 0 Å². The predicted molar refractivity (Wildman–Crippen MR) is 102 cm³/mol. The lowest BCUT2D eigenvalue weighted by Crippen LogP contribution is -2.30. The molecule has 2 unspecified atom stereocenters. The molecule has 2 heterocycles. The van der Waals surface area contributed by atoms with E-state index in [4.69, 9.17) is 4.74 Å². The molecule has 0 radical (unpaired) electrons. The molecule has 1 amide bonds. The summed E-state index contributed by atoms with van der Waals surface area (Å²) >= 11 is 1.18. The molecule has 3 rings (SSSR count). The quantitative estimate of drug-likeness (QED) is 0.644. The highest BCUT2D eigenvalue weighted by Gasteiger charge is 2.25. The van der Waals surface area contributed by atoms with Crippen LogP contribution >= 0.6 is 11.3 Å². The Bertz CT molecular complexity index is 801. The van der Waals surface area contributed by atoms with E-state index in [9.17, 15) is 19.8 Å². The summed E-state index contributed by atoms with van der Waals surface area (Å²) in [6.07, 6.45) is 0.941. The topological polar surface area (TPSA) is 95.9 Å². The van der Waals surface area contributed by atoms with Gasteiger partial charge in [-0.25, -0.2) is 4.79 Å². The van der Waals surface area contributed by atoms with Crippen LogP contribution in [-0.4, -0.2) is 34.7 Å². The number of aromatic carboxylic acids is 1. The molecule has 0 aliphatic carbocycles. The van der Waals surface area contributed by atoms with Crippen molar-refractivity contribution in [3.8, 4) is 0 Å². The minimum Gasteiger partial charge on any atom is -0.477 e. The molecule has 27 heavy (non-hydrogen) atoms. The Labute approximate surface area is 161 Å². The van der Waals surface area contributed by atoms with Gasteiger partial charge in [-0.1, -0.05) is 31.2 Å². The van der Waals surface area contributed by atoms with Crippen LogP contribution in [0.3, 0.4) is 0 Å². The highest BCUT2D eigenvalue weighted by molar-refractivity contribution is 7.14. The summed E-state index contributed by atoms with van der Waals surface area (Å²) in [6.45, 7) is 2.27. The third-order valence-electron chi connectivity index (χ3n) is 4.66. The van der Waals surface area contributed by atoms with Crippen molar-refractivity contribution in [3.05, 3.63) is 57.3 Å². The zero-order valence-corrected chi connectivity index (χ0v) is 15.9. The number of carboxylic acid groups (broad SMARTS) is 1. The van der Waals surface area contributed by atoms with E-state index in [0.29, 0.717) is 19.4 Å². The fourth-order valence-corrected chi connectivity index (χ4v) is 4.02. The van der Waals surface area contributed by atoms with Crippen LogP contribution < -0.4 is 5.32 Å². The monoisotopic (exact) mass is 389 g/mol. The second-order valence-corrected chi connectivity index (χ2v) is 7.73. The number of rotatable bonds is 8. The van der Waals surface area contributed by atoms with Gasteiger partial charge in [0.15, 0.2) is 0 Å². The molecule has 3 atom stereocenters. The van der Waals surface area contributed by atoms with Crippen molar-refractivity contribution in [2.24, 2.45) is 0 Å². The molecule has 1 aromatic heterocycles. The van der Waals surface area contributed by atoms with Crippen LogP contribution in [-0.2, 0) is 9.53 Å². The van der Waals surface area contributed by atoms with Crippen molar-refractivity contribution in [2.45, 2.75) is 44.4 Å². The smallest absolute Gasteiger partial charge is 0.345 e. The standard InChI is InChI=1S/C20H23NO5S/c1-2-15(22)12-3-5-13(6-4-12)19(16-8-9-17(27-16)20(24)25)26-11-14-7-10-18(23)21-14/h3-6,8-9,14-15,19,22H,2,7,10-11H2,1H3,(H,21,23)(H,24,25)/t14?,15?,19-/m1/s1. The minimum absolute atomic E-state index is 0.0277. The summed E-state index contributed by atoms with van der Waals surface area (Å²) in [5.41, 5.74) is 1.71. The summed E-state index contributed by atoms with van der Waals surface area (Å²) in [7, 11) is 0. The number of hydrogen-bond donors (Lipinski definition) is 3. The number of aliphatic hydroxyl groups excluding tert-OH is 1. The van der Waals surface area contributed by atoms with Gasteiger partial charge in [-0.15, -0.1) is 11.3 Å². The number of carbonyl (C=O) groups is 2. The third kappa shape index (κ3) is 4.74. The number of nitrogens with one attached hydrogen (secondary N) is 1. The number of benzene rings is 1. The van der Waals surface area contributed by atoms with Crippen LogP contribution in [0.1, 0.15) is 64.1 Å².